The van der Waals surface area contributed by atoms with Crippen LogP contribution in [0.3, 0.4) is 0 Å². The number of Topliss-reactive ketones (excluding diaryl/α,β-unsaturated/α-hetero) is 1. The first-order valence-corrected chi connectivity index (χ1v) is 7.41. The maximum atomic E-state index is 12.0. The maximum Gasteiger partial charge on any atom is 0.216 e. The first kappa shape index (κ1) is 14.2. The summed E-state index contributed by atoms with van der Waals surface area (Å²) in [7, 11) is 0. The second kappa shape index (κ2) is 5.43. The molecule has 0 spiro atoms. The summed E-state index contributed by atoms with van der Waals surface area (Å²) in [6, 6.07) is 1.86. The van der Waals surface area contributed by atoms with Crippen molar-refractivity contribution >= 4 is 28.7 Å². The molecule has 2 rings (SSSR count). The fourth-order valence-corrected chi connectivity index (χ4v) is 3.01. The number of carbonyl (C=O) groups is 1. The Morgan fingerprint density at radius 3 is 2.68 bits per heavy atom. The Balaban J connectivity index is 2.50. The molecule has 0 saturated heterocycles. The second-order valence-corrected chi connectivity index (χ2v) is 6.13. The molecule has 4 nitrogen and oxygen atoms in total. The molecular weight excluding hydrogens is 282 g/mol. The van der Waals surface area contributed by atoms with Crippen LogP contribution < -0.4 is 0 Å². The summed E-state index contributed by atoms with van der Waals surface area (Å²) in [6.45, 7) is 7.60. The summed E-state index contributed by atoms with van der Waals surface area (Å²) >= 11 is 7.43. The number of nitrogens with zero attached hydrogens (tertiary/aromatic N) is 3. The van der Waals surface area contributed by atoms with Crippen LogP contribution in [-0.4, -0.2) is 25.9 Å². The van der Waals surface area contributed by atoms with Crippen molar-refractivity contribution in [2.24, 2.45) is 0 Å². The maximum absolute atomic E-state index is 12.0. The van der Waals surface area contributed by atoms with E-state index in [4.69, 9.17) is 11.6 Å². The fraction of sp³-hybridized carbons (Fsp3) is 0.462. The Bertz CT molecular complexity index is 615. The van der Waals surface area contributed by atoms with E-state index in [2.05, 4.69) is 10.2 Å². The van der Waals surface area contributed by atoms with Crippen LogP contribution in [0.4, 0.5) is 0 Å². The minimum atomic E-state index is -0.519. The number of hydrogen-bond donors (Lipinski definition) is 0. The number of alkyl halides is 1. The Morgan fingerprint density at radius 1 is 1.47 bits per heavy atom. The van der Waals surface area contributed by atoms with E-state index in [1.54, 1.807) is 18.3 Å². The van der Waals surface area contributed by atoms with Gasteiger partial charge in [-0.25, -0.2) is 0 Å². The first-order valence-electron chi connectivity index (χ1n) is 6.15. The third kappa shape index (κ3) is 2.58. The highest BCUT2D eigenvalue weighted by molar-refractivity contribution is 7.13. The number of ketones is 1. The van der Waals surface area contributed by atoms with Gasteiger partial charge >= 0.3 is 0 Å². The summed E-state index contributed by atoms with van der Waals surface area (Å²) in [5, 5.41) is 9.57. The van der Waals surface area contributed by atoms with Crippen molar-refractivity contribution in [3.8, 4) is 5.13 Å². The molecule has 0 aromatic carbocycles. The molecule has 6 heteroatoms. The topological polar surface area (TPSA) is 47.8 Å². The third-order valence-electron chi connectivity index (χ3n) is 3.01. The molecule has 0 amide bonds. The van der Waals surface area contributed by atoms with Gasteiger partial charge < -0.3 is 0 Å². The molecule has 0 aliphatic heterocycles. The van der Waals surface area contributed by atoms with E-state index >= 15 is 0 Å². The van der Waals surface area contributed by atoms with Crippen LogP contribution in [0, 0.1) is 13.8 Å². The lowest BCUT2D eigenvalue weighted by Crippen LogP contribution is -2.11. The van der Waals surface area contributed by atoms with Gasteiger partial charge in [-0.05, 0) is 33.3 Å². The predicted molar refractivity (Wildman–Crippen MR) is 77.7 cm³/mol. The smallest absolute Gasteiger partial charge is 0.216 e. The zero-order valence-corrected chi connectivity index (χ0v) is 13.0. The van der Waals surface area contributed by atoms with Gasteiger partial charge in [0.15, 0.2) is 5.78 Å². The average molecular weight is 298 g/mol. The molecule has 0 bridgehead atoms. The summed E-state index contributed by atoms with van der Waals surface area (Å²) in [6.07, 6.45) is 0.863. The Kier molecular flexibility index (Phi) is 4.06. The molecule has 0 fully saturated rings. The third-order valence-corrected chi connectivity index (χ3v) is 4.26. The van der Waals surface area contributed by atoms with Crippen LogP contribution in [0.25, 0.3) is 5.13 Å². The van der Waals surface area contributed by atoms with Gasteiger partial charge in [-0.15, -0.1) is 21.8 Å². The summed E-state index contributed by atoms with van der Waals surface area (Å²) in [5.41, 5.74) is 2.50. The second-order valence-electron chi connectivity index (χ2n) is 4.43. The molecule has 1 unspecified atom stereocenters. The fourth-order valence-electron chi connectivity index (χ4n) is 2.00. The summed E-state index contributed by atoms with van der Waals surface area (Å²) in [5.74, 6) is -0.0544. The van der Waals surface area contributed by atoms with Crippen molar-refractivity contribution in [3.63, 3.8) is 0 Å². The molecule has 2 aromatic heterocycles. The van der Waals surface area contributed by atoms with E-state index in [1.807, 2.05) is 31.4 Å². The minimum Gasteiger partial charge on any atom is -0.292 e. The van der Waals surface area contributed by atoms with Crippen LogP contribution in [-0.2, 0) is 6.42 Å². The van der Waals surface area contributed by atoms with Crippen LogP contribution in [0.15, 0.2) is 6.07 Å². The average Bonchev–Trinajstić information content (AvgIpc) is 2.93. The SMILES string of the molecule is CCc1nnc(-n2c(C)cc(C(=O)C(C)Cl)c2C)s1. The normalized spacial score (nSPS) is 12.7. The molecule has 1 atom stereocenters. The predicted octanol–water partition coefficient (Wildman–Crippen LogP) is 3.32. The van der Waals surface area contributed by atoms with E-state index in [0.717, 1.165) is 27.9 Å². The highest BCUT2D eigenvalue weighted by Crippen LogP contribution is 2.25. The number of hydrogen-bond acceptors (Lipinski definition) is 4. The number of carbonyl (C=O) groups excluding carboxylic acids is 1. The van der Waals surface area contributed by atoms with Gasteiger partial charge in [0, 0.05) is 17.0 Å². The Hall–Kier alpha value is -1.20. The number of aryl methyl sites for hydroxylation is 2. The monoisotopic (exact) mass is 297 g/mol. The van der Waals surface area contributed by atoms with Crippen molar-refractivity contribution in [1.29, 1.82) is 0 Å². The molecule has 0 saturated carbocycles. The lowest BCUT2D eigenvalue weighted by Gasteiger charge is -2.05. The van der Waals surface area contributed by atoms with Gasteiger partial charge in [-0.3, -0.25) is 9.36 Å². The summed E-state index contributed by atoms with van der Waals surface area (Å²) in [4.78, 5) is 12.0. The quantitative estimate of drug-likeness (QED) is 0.642. The number of aromatic nitrogens is 3. The largest absolute Gasteiger partial charge is 0.292 e. The lowest BCUT2D eigenvalue weighted by atomic mass is 10.1. The molecule has 0 radical (unpaired) electrons. The van der Waals surface area contributed by atoms with E-state index in [9.17, 15) is 4.79 Å². The standard InChI is InChI=1S/C13H16ClN3OS/c1-5-11-15-16-13(19-11)17-7(2)6-10(9(17)4)12(18)8(3)14/h6,8H,5H2,1-4H3. The Labute approximate surface area is 121 Å². The zero-order valence-electron chi connectivity index (χ0n) is 11.4. The molecule has 2 heterocycles. The van der Waals surface area contributed by atoms with Crippen molar-refractivity contribution in [2.45, 2.75) is 39.5 Å². The minimum absolute atomic E-state index is 0.0544. The summed E-state index contributed by atoms with van der Waals surface area (Å²) < 4.78 is 1.96. The van der Waals surface area contributed by atoms with Crippen LogP contribution in [0.2, 0.25) is 0 Å². The lowest BCUT2D eigenvalue weighted by molar-refractivity contribution is 0.0991. The van der Waals surface area contributed by atoms with E-state index in [1.165, 1.54) is 0 Å². The molecule has 2 aromatic rings. The van der Waals surface area contributed by atoms with Gasteiger partial charge in [0.05, 0.1) is 5.38 Å². The molecule has 0 aliphatic rings. The van der Waals surface area contributed by atoms with Crippen LogP contribution >= 0.6 is 22.9 Å². The number of halogens is 1. The van der Waals surface area contributed by atoms with Gasteiger partial charge in [0.2, 0.25) is 5.13 Å². The van der Waals surface area contributed by atoms with Crippen molar-refractivity contribution in [1.82, 2.24) is 14.8 Å². The van der Waals surface area contributed by atoms with Gasteiger partial charge in [0.1, 0.15) is 5.01 Å². The highest BCUT2D eigenvalue weighted by Gasteiger charge is 2.21. The van der Waals surface area contributed by atoms with E-state index < -0.39 is 5.38 Å². The van der Waals surface area contributed by atoms with Gasteiger partial charge in [-0.2, -0.15) is 0 Å². The van der Waals surface area contributed by atoms with Gasteiger partial charge in [-0.1, -0.05) is 18.3 Å². The van der Waals surface area contributed by atoms with E-state index in [-0.39, 0.29) is 5.78 Å². The molecule has 0 N–H and O–H groups in total. The molecule has 102 valence electrons. The van der Waals surface area contributed by atoms with Crippen molar-refractivity contribution in [3.05, 3.63) is 28.0 Å². The number of rotatable bonds is 4. The molecule has 19 heavy (non-hydrogen) atoms. The van der Waals surface area contributed by atoms with Crippen molar-refractivity contribution in [2.75, 3.05) is 0 Å². The van der Waals surface area contributed by atoms with E-state index in [0.29, 0.717) is 5.56 Å². The van der Waals surface area contributed by atoms with Crippen LogP contribution in [0.5, 0.6) is 0 Å². The molecular formula is C13H16ClN3OS. The van der Waals surface area contributed by atoms with Gasteiger partial charge in [0.25, 0.3) is 0 Å². The van der Waals surface area contributed by atoms with Crippen LogP contribution in [0.1, 0.15) is 40.6 Å². The zero-order chi connectivity index (χ0) is 14.2. The molecule has 0 aliphatic carbocycles. The highest BCUT2D eigenvalue weighted by atomic mass is 35.5. The first-order chi connectivity index (χ1) is 8.95. The van der Waals surface area contributed by atoms with Crippen molar-refractivity contribution < 1.29 is 4.79 Å². The Morgan fingerprint density at radius 2 is 2.16 bits per heavy atom.